The molecule has 0 aliphatic carbocycles. The van der Waals surface area contributed by atoms with E-state index in [1.54, 1.807) is 36.0 Å². The number of hydrogen-bond donors (Lipinski definition) is 2. The quantitative estimate of drug-likeness (QED) is 0.344. The smallest absolute Gasteiger partial charge is 0.269 e. The van der Waals surface area contributed by atoms with Crippen LogP contribution >= 0.6 is 11.8 Å². The molecule has 0 radical (unpaired) electrons. The second-order valence-electron chi connectivity index (χ2n) is 5.83. The lowest BCUT2D eigenvalue weighted by atomic mass is 10.2. The molecule has 8 heteroatoms. The number of non-ortho nitro benzene ring substituents is 1. The number of rotatable bonds is 11. The zero-order valence-corrected chi connectivity index (χ0v) is 15.6. The first-order valence-corrected chi connectivity index (χ1v) is 9.78. The molecule has 0 aromatic heterocycles. The predicted molar refractivity (Wildman–Crippen MR) is 106 cm³/mol. The lowest BCUT2D eigenvalue weighted by Crippen LogP contribution is -2.26. The van der Waals surface area contributed by atoms with Crippen molar-refractivity contribution in [3.05, 3.63) is 70.0 Å². The van der Waals surface area contributed by atoms with Crippen LogP contribution in [0.3, 0.4) is 0 Å². The van der Waals surface area contributed by atoms with Gasteiger partial charge < -0.3 is 10.6 Å². The van der Waals surface area contributed by atoms with E-state index >= 15 is 0 Å². The van der Waals surface area contributed by atoms with Crippen LogP contribution in [0, 0.1) is 15.9 Å². The lowest BCUT2D eigenvalue weighted by Gasteiger charge is -2.07. The van der Waals surface area contributed by atoms with Gasteiger partial charge in [0.1, 0.15) is 5.82 Å². The summed E-state index contributed by atoms with van der Waals surface area (Å²) < 4.78 is 13.5. The van der Waals surface area contributed by atoms with E-state index in [1.807, 2.05) is 6.07 Å². The zero-order valence-electron chi connectivity index (χ0n) is 14.8. The first-order chi connectivity index (χ1) is 13.1. The van der Waals surface area contributed by atoms with Gasteiger partial charge in [0.05, 0.1) is 4.92 Å². The summed E-state index contributed by atoms with van der Waals surface area (Å²) in [5.74, 6) is 1.09. The summed E-state index contributed by atoms with van der Waals surface area (Å²) in [5, 5.41) is 16.6. The van der Waals surface area contributed by atoms with Crippen molar-refractivity contribution < 1.29 is 14.1 Å². The second-order valence-corrected chi connectivity index (χ2v) is 6.93. The maximum atomic E-state index is 13.5. The van der Waals surface area contributed by atoms with E-state index < -0.39 is 4.92 Å². The standard InChI is InChI=1S/C19H22FN3O3S/c20-18-5-2-1-4-15(18)14-27-13-12-22-19(24)6-3-11-21-16-7-9-17(10-8-16)23(25)26/h1-2,4-5,7-10,21H,3,6,11-14H2,(H,22,24). The summed E-state index contributed by atoms with van der Waals surface area (Å²) >= 11 is 1.58. The highest BCUT2D eigenvalue weighted by atomic mass is 32.2. The fourth-order valence-electron chi connectivity index (χ4n) is 2.33. The summed E-state index contributed by atoms with van der Waals surface area (Å²) in [5.41, 5.74) is 1.50. The number of amides is 1. The minimum absolute atomic E-state index is 0.0213. The molecule has 0 aliphatic heterocycles. The molecule has 6 nitrogen and oxygen atoms in total. The Morgan fingerprint density at radius 3 is 2.56 bits per heavy atom. The topological polar surface area (TPSA) is 84.3 Å². The summed E-state index contributed by atoms with van der Waals surface area (Å²) in [6.07, 6.45) is 1.06. The minimum Gasteiger partial charge on any atom is -0.385 e. The van der Waals surface area contributed by atoms with Crippen LogP contribution in [0.4, 0.5) is 15.8 Å². The minimum atomic E-state index is -0.442. The van der Waals surface area contributed by atoms with Gasteiger partial charge >= 0.3 is 0 Å². The number of nitrogens with one attached hydrogen (secondary N) is 2. The molecule has 2 aromatic carbocycles. The Hall–Kier alpha value is -2.61. The largest absolute Gasteiger partial charge is 0.385 e. The van der Waals surface area contributed by atoms with Crippen molar-refractivity contribution in [1.29, 1.82) is 0 Å². The summed E-state index contributed by atoms with van der Waals surface area (Å²) in [6, 6.07) is 12.9. The second kappa shape index (κ2) is 11.2. The summed E-state index contributed by atoms with van der Waals surface area (Å²) in [7, 11) is 0. The van der Waals surface area contributed by atoms with Gasteiger partial charge in [-0.25, -0.2) is 4.39 Å². The van der Waals surface area contributed by atoms with Crippen LogP contribution in [0.25, 0.3) is 0 Å². The molecule has 0 bridgehead atoms. The van der Waals surface area contributed by atoms with Gasteiger partial charge in [0.15, 0.2) is 0 Å². The Bertz CT molecular complexity index is 756. The Morgan fingerprint density at radius 2 is 1.85 bits per heavy atom. The first-order valence-electron chi connectivity index (χ1n) is 8.62. The number of thioether (sulfide) groups is 1. The van der Waals surface area contributed by atoms with Crippen molar-refractivity contribution in [2.24, 2.45) is 0 Å². The Balaban J connectivity index is 1.52. The molecule has 0 spiro atoms. The molecule has 0 saturated carbocycles. The van der Waals surface area contributed by atoms with Gasteiger partial charge in [-0.2, -0.15) is 11.8 Å². The van der Waals surface area contributed by atoms with Gasteiger partial charge in [-0.3, -0.25) is 14.9 Å². The van der Waals surface area contributed by atoms with Gasteiger partial charge in [0.25, 0.3) is 5.69 Å². The number of nitrogens with zero attached hydrogens (tertiary/aromatic N) is 1. The molecule has 0 fully saturated rings. The third kappa shape index (κ3) is 7.65. The number of halogens is 1. The van der Waals surface area contributed by atoms with Gasteiger partial charge in [0, 0.05) is 48.8 Å². The molecule has 0 aliphatic rings. The molecule has 2 rings (SSSR count). The fraction of sp³-hybridized carbons (Fsp3) is 0.316. The van der Waals surface area contributed by atoms with Crippen LogP contribution in [0.15, 0.2) is 48.5 Å². The molecule has 27 heavy (non-hydrogen) atoms. The van der Waals surface area contributed by atoms with Crippen molar-refractivity contribution in [3.8, 4) is 0 Å². The van der Waals surface area contributed by atoms with Crippen molar-refractivity contribution in [2.75, 3.05) is 24.2 Å². The summed E-state index contributed by atoms with van der Waals surface area (Å²) in [6.45, 7) is 1.15. The molecular formula is C19H22FN3O3S. The van der Waals surface area contributed by atoms with Crippen LogP contribution in [0.2, 0.25) is 0 Å². The van der Waals surface area contributed by atoms with E-state index in [2.05, 4.69) is 10.6 Å². The van der Waals surface area contributed by atoms with Crippen molar-refractivity contribution >= 4 is 29.0 Å². The van der Waals surface area contributed by atoms with Crippen LogP contribution in [0.5, 0.6) is 0 Å². The molecule has 0 heterocycles. The highest BCUT2D eigenvalue weighted by Gasteiger charge is 2.05. The predicted octanol–water partition coefficient (Wildman–Crippen LogP) is 3.98. The third-order valence-electron chi connectivity index (χ3n) is 3.77. The number of benzene rings is 2. The number of hydrogen-bond acceptors (Lipinski definition) is 5. The molecule has 2 N–H and O–H groups in total. The van der Waals surface area contributed by atoms with E-state index in [0.29, 0.717) is 37.2 Å². The monoisotopic (exact) mass is 391 g/mol. The van der Waals surface area contributed by atoms with Gasteiger partial charge in [-0.1, -0.05) is 18.2 Å². The highest BCUT2D eigenvalue weighted by molar-refractivity contribution is 7.98. The molecule has 144 valence electrons. The fourth-order valence-corrected chi connectivity index (χ4v) is 3.18. The van der Waals surface area contributed by atoms with Crippen molar-refractivity contribution in [2.45, 2.75) is 18.6 Å². The van der Waals surface area contributed by atoms with E-state index in [1.165, 1.54) is 18.2 Å². The molecular weight excluding hydrogens is 369 g/mol. The Morgan fingerprint density at radius 1 is 1.11 bits per heavy atom. The van der Waals surface area contributed by atoms with E-state index in [4.69, 9.17) is 0 Å². The normalized spacial score (nSPS) is 10.4. The first kappa shape index (κ1) is 20.7. The van der Waals surface area contributed by atoms with Crippen LogP contribution in [-0.2, 0) is 10.5 Å². The zero-order chi connectivity index (χ0) is 19.5. The number of nitro benzene ring substituents is 1. The Labute approximate surface area is 161 Å². The molecule has 1 amide bonds. The van der Waals surface area contributed by atoms with E-state index in [0.717, 1.165) is 11.4 Å². The molecule has 0 atom stereocenters. The van der Waals surface area contributed by atoms with Gasteiger partial charge in [-0.15, -0.1) is 0 Å². The SMILES string of the molecule is O=C(CCCNc1ccc([N+](=O)[O-])cc1)NCCSCc1ccccc1F. The average molecular weight is 391 g/mol. The molecule has 0 saturated heterocycles. The lowest BCUT2D eigenvalue weighted by molar-refractivity contribution is -0.384. The van der Waals surface area contributed by atoms with Crippen molar-refractivity contribution in [3.63, 3.8) is 0 Å². The van der Waals surface area contributed by atoms with Crippen LogP contribution < -0.4 is 10.6 Å². The average Bonchev–Trinajstić information content (AvgIpc) is 2.66. The maximum Gasteiger partial charge on any atom is 0.269 e. The van der Waals surface area contributed by atoms with Crippen molar-refractivity contribution in [1.82, 2.24) is 5.32 Å². The number of carbonyl (C=O) groups is 1. The maximum absolute atomic E-state index is 13.5. The number of anilines is 1. The highest BCUT2D eigenvalue weighted by Crippen LogP contribution is 2.16. The van der Waals surface area contributed by atoms with E-state index in [9.17, 15) is 19.3 Å². The van der Waals surface area contributed by atoms with E-state index in [-0.39, 0.29) is 17.4 Å². The number of nitro groups is 1. The van der Waals surface area contributed by atoms with Gasteiger partial charge in [0.2, 0.25) is 5.91 Å². The van der Waals surface area contributed by atoms with Gasteiger partial charge in [-0.05, 0) is 30.2 Å². The van der Waals surface area contributed by atoms with Crippen LogP contribution in [-0.4, -0.2) is 29.7 Å². The van der Waals surface area contributed by atoms with Crippen LogP contribution in [0.1, 0.15) is 18.4 Å². The molecule has 2 aromatic rings. The summed E-state index contributed by atoms with van der Waals surface area (Å²) in [4.78, 5) is 21.9. The third-order valence-corrected chi connectivity index (χ3v) is 4.78. The number of carbonyl (C=O) groups excluding carboxylic acids is 1. The Kier molecular flexibility index (Phi) is 8.57. The molecule has 0 unspecified atom stereocenters.